The van der Waals surface area contributed by atoms with E-state index in [2.05, 4.69) is 20.8 Å². The molecule has 0 aliphatic carbocycles. The van der Waals surface area contributed by atoms with Gasteiger partial charge >= 0.3 is 0 Å². The van der Waals surface area contributed by atoms with E-state index in [-0.39, 0.29) is 11.4 Å². The van der Waals surface area contributed by atoms with Gasteiger partial charge in [-0.15, -0.1) is 0 Å². The van der Waals surface area contributed by atoms with Crippen LogP contribution >= 0.6 is 0 Å². The van der Waals surface area contributed by atoms with Gasteiger partial charge in [-0.05, 0) is 56.7 Å². The highest BCUT2D eigenvalue weighted by Gasteiger charge is 2.28. The van der Waals surface area contributed by atoms with Gasteiger partial charge in [0.1, 0.15) is 5.82 Å². The molecular weight excluding hydrogens is 287 g/mol. The normalized spacial score (nSPS) is 13.3. The van der Waals surface area contributed by atoms with Crippen LogP contribution in [0.25, 0.3) is 0 Å². The van der Waals surface area contributed by atoms with Crippen LogP contribution in [0.3, 0.4) is 0 Å². The molecule has 1 nitrogen and oxygen atoms in total. The van der Waals surface area contributed by atoms with Crippen molar-refractivity contribution in [1.82, 2.24) is 0 Å². The minimum absolute atomic E-state index is 0.114. The predicted molar refractivity (Wildman–Crippen MR) is 97.3 cm³/mol. The molecule has 0 aromatic heterocycles. The number of hydrogen-bond acceptors (Lipinski definition) is 1. The molecule has 0 aliphatic rings. The summed E-state index contributed by atoms with van der Waals surface area (Å²) in [4.78, 5) is 0. The molecule has 0 N–H and O–H groups in total. The summed E-state index contributed by atoms with van der Waals surface area (Å²) in [6.45, 7) is 6.62. The molecule has 0 bridgehead atoms. The van der Waals surface area contributed by atoms with Crippen molar-refractivity contribution in [2.75, 3.05) is 7.11 Å². The molecule has 0 heterocycles. The minimum atomic E-state index is -0.138. The third kappa shape index (κ3) is 7.97. The topological polar surface area (TPSA) is 9.23 Å². The second kappa shape index (κ2) is 10.8. The summed E-state index contributed by atoms with van der Waals surface area (Å²) in [6.07, 6.45) is 11.1. The number of benzene rings is 1. The van der Waals surface area contributed by atoms with E-state index in [9.17, 15) is 4.39 Å². The van der Waals surface area contributed by atoms with Crippen LogP contribution in [0.15, 0.2) is 24.3 Å². The lowest BCUT2D eigenvalue weighted by atomic mass is 9.82. The lowest BCUT2D eigenvalue weighted by Gasteiger charge is -2.33. The van der Waals surface area contributed by atoms with E-state index in [0.29, 0.717) is 5.92 Å². The predicted octanol–water partition coefficient (Wildman–Crippen LogP) is 6.55. The first kappa shape index (κ1) is 20.2. The van der Waals surface area contributed by atoms with Crippen LogP contribution in [0.2, 0.25) is 0 Å². The van der Waals surface area contributed by atoms with Crippen LogP contribution in [0, 0.1) is 11.7 Å². The van der Waals surface area contributed by atoms with E-state index in [1.165, 1.54) is 51.0 Å². The van der Waals surface area contributed by atoms with Crippen molar-refractivity contribution < 1.29 is 9.13 Å². The Hall–Kier alpha value is -0.890. The molecule has 1 aromatic rings. The Labute approximate surface area is 142 Å². The molecule has 1 aromatic carbocycles. The monoisotopic (exact) mass is 322 g/mol. The van der Waals surface area contributed by atoms with Crippen molar-refractivity contribution >= 4 is 0 Å². The number of unbranched alkanes of at least 4 members (excludes halogenated alkanes) is 5. The molecular formula is C21H35FO. The van der Waals surface area contributed by atoms with E-state index < -0.39 is 0 Å². The van der Waals surface area contributed by atoms with E-state index in [0.717, 1.165) is 18.4 Å². The van der Waals surface area contributed by atoms with E-state index in [1.54, 1.807) is 19.2 Å². The minimum Gasteiger partial charge on any atom is -0.379 e. The van der Waals surface area contributed by atoms with E-state index in [4.69, 9.17) is 4.74 Å². The van der Waals surface area contributed by atoms with E-state index >= 15 is 0 Å². The van der Waals surface area contributed by atoms with Gasteiger partial charge in [0.25, 0.3) is 0 Å². The van der Waals surface area contributed by atoms with Crippen molar-refractivity contribution in [2.24, 2.45) is 5.92 Å². The first-order valence-electron chi connectivity index (χ1n) is 9.29. The fraction of sp³-hybridized carbons (Fsp3) is 0.714. The third-order valence-electron chi connectivity index (χ3n) is 5.09. The molecule has 0 spiro atoms. The molecule has 0 amide bonds. The summed E-state index contributed by atoms with van der Waals surface area (Å²) in [5.41, 5.74) is 0.973. The number of ether oxygens (including phenoxy) is 1. The summed E-state index contributed by atoms with van der Waals surface area (Å²) >= 11 is 0. The first-order valence-corrected chi connectivity index (χ1v) is 9.29. The maximum Gasteiger partial charge on any atom is 0.123 e. The third-order valence-corrected chi connectivity index (χ3v) is 5.09. The van der Waals surface area contributed by atoms with Crippen LogP contribution < -0.4 is 0 Å². The summed E-state index contributed by atoms with van der Waals surface area (Å²) in [5.74, 6) is 0.378. The number of methoxy groups -OCH3 is 1. The lowest BCUT2D eigenvalue weighted by molar-refractivity contribution is -0.0343. The Morgan fingerprint density at radius 1 is 1.04 bits per heavy atom. The van der Waals surface area contributed by atoms with Crippen molar-refractivity contribution in [3.63, 3.8) is 0 Å². The van der Waals surface area contributed by atoms with Gasteiger partial charge in [0.15, 0.2) is 0 Å². The molecule has 2 heteroatoms. The second-order valence-corrected chi connectivity index (χ2v) is 7.23. The van der Waals surface area contributed by atoms with Crippen LogP contribution in [0.4, 0.5) is 4.39 Å². The van der Waals surface area contributed by atoms with Crippen molar-refractivity contribution in [3.05, 3.63) is 35.6 Å². The molecule has 23 heavy (non-hydrogen) atoms. The second-order valence-electron chi connectivity index (χ2n) is 7.23. The number of hydrogen-bond donors (Lipinski definition) is 0. The Kier molecular flexibility index (Phi) is 9.47. The molecule has 1 unspecified atom stereocenters. The highest BCUT2D eigenvalue weighted by atomic mass is 19.1. The Morgan fingerprint density at radius 3 is 2.39 bits per heavy atom. The van der Waals surface area contributed by atoms with Gasteiger partial charge in [-0.3, -0.25) is 0 Å². The molecule has 0 fully saturated rings. The molecule has 1 rings (SSSR count). The quantitative estimate of drug-likeness (QED) is 0.396. The molecule has 132 valence electrons. The zero-order chi connectivity index (χ0) is 17.1. The fourth-order valence-electron chi connectivity index (χ4n) is 3.21. The fourth-order valence-corrected chi connectivity index (χ4v) is 3.21. The van der Waals surface area contributed by atoms with Gasteiger partial charge in [0.05, 0.1) is 5.60 Å². The Morgan fingerprint density at radius 2 is 1.74 bits per heavy atom. The van der Waals surface area contributed by atoms with Crippen LogP contribution in [0.1, 0.15) is 77.7 Å². The average Bonchev–Trinajstić information content (AvgIpc) is 2.53. The van der Waals surface area contributed by atoms with Crippen LogP contribution in [0.5, 0.6) is 0 Å². The summed E-state index contributed by atoms with van der Waals surface area (Å²) in [6, 6.07) is 6.98. The number of halogens is 1. The van der Waals surface area contributed by atoms with Crippen molar-refractivity contribution in [1.29, 1.82) is 0 Å². The van der Waals surface area contributed by atoms with Gasteiger partial charge in [-0.1, -0.05) is 57.6 Å². The highest BCUT2D eigenvalue weighted by Crippen LogP contribution is 2.30. The van der Waals surface area contributed by atoms with Crippen molar-refractivity contribution in [2.45, 2.75) is 84.2 Å². The number of rotatable bonds is 12. The van der Waals surface area contributed by atoms with Crippen LogP contribution in [-0.2, 0) is 11.2 Å². The molecule has 0 radical (unpaired) electrons. The van der Waals surface area contributed by atoms with Crippen molar-refractivity contribution in [3.8, 4) is 0 Å². The molecule has 0 aliphatic heterocycles. The van der Waals surface area contributed by atoms with Gasteiger partial charge in [0, 0.05) is 7.11 Å². The van der Waals surface area contributed by atoms with Crippen LogP contribution in [-0.4, -0.2) is 12.7 Å². The largest absolute Gasteiger partial charge is 0.379 e. The summed E-state index contributed by atoms with van der Waals surface area (Å²) in [7, 11) is 1.80. The first-order chi connectivity index (χ1) is 11.0. The molecule has 0 saturated heterocycles. The average molecular weight is 323 g/mol. The SMILES string of the molecule is CCCCCCCCC(CCc1cccc(F)c1)C(C)(C)OC. The molecule has 1 atom stereocenters. The standard InChI is InChI=1S/C21H35FO/c1-5-6-7-8-9-10-13-19(21(2,3)23-4)16-15-18-12-11-14-20(22)17-18/h11-12,14,17,19H,5-10,13,15-16H2,1-4H3. The highest BCUT2D eigenvalue weighted by molar-refractivity contribution is 5.16. The Balaban J connectivity index is 2.46. The van der Waals surface area contributed by atoms with Gasteiger partial charge in [-0.2, -0.15) is 0 Å². The summed E-state index contributed by atoms with van der Waals surface area (Å²) in [5, 5.41) is 0. The molecule has 0 saturated carbocycles. The number of aryl methyl sites for hydroxylation is 1. The van der Waals surface area contributed by atoms with E-state index in [1.807, 2.05) is 6.07 Å². The van der Waals surface area contributed by atoms with Gasteiger partial charge in [-0.25, -0.2) is 4.39 Å². The zero-order valence-electron chi connectivity index (χ0n) is 15.5. The maximum atomic E-state index is 13.3. The zero-order valence-corrected chi connectivity index (χ0v) is 15.5. The lowest BCUT2D eigenvalue weighted by Crippen LogP contribution is -2.33. The maximum absolute atomic E-state index is 13.3. The summed E-state index contributed by atoms with van der Waals surface area (Å²) < 4.78 is 19.1. The Bertz CT molecular complexity index is 428. The van der Waals surface area contributed by atoms with Gasteiger partial charge in [0.2, 0.25) is 0 Å². The smallest absolute Gasteiger partial charge is 0.123 e. The van der Waals surface area contributed by atoms with Gasteiger partial charge < -0.3 is 4.74 Å².